The Balaban J connectivity index is 1.70. The Morgan fingerprint density at radius 1 is 0.971 bits per heavy atom. The Kier molecular flexibility index (Phi) is 6.92. The highest BCUT2D eigenvalue weighted by atomic mass is 16.4. The number of amides is 2. The van der Waals surface area contributed by atoms with Gasteiger partial charge >= 0.3 is 6.09 Å². The van der Waals surface area contributed by atoms with Gasteiger partial charge in [-0.2, -0.15) is 4.99 Å². The molecule has 0 aromatic heterocycles. The largest absolute Gasteiger partial charge is 0.463 e. The van der Waals surface area contributed by atoms with Gasteiger partial charge in [-0.25, -0.2) is 4.79 Å². The van der Waals surface area contributed by atoms with Crippen LogP contribution in [-0.4, -0.2) is 36.0 Å². The van der Waals surface area contributed by atoms with E-state index in [0.717, 1.165) is 48.3 Å². The predicted octanol–water partition coefficient (Wildman–Crippen LogP) is 5.29. The van der Waals surface area contributed by atoms with Crippen LogP contribution in [0.3, 0.4) is 0 Å². The Bertz CT molecular complexity index is 1230. The smallest absolute Gasteiger partial charge is 0.433 e. The number of nitrogens with one attached hydrogen (secondary N) is 1. The third kappa shape index (κ3) is 5.26. The van der Waals surface area contributed by atoms with Crippen LogP contribution in [0.15, 0.2) is 71.7 Å². The summed E-state index contributed by atoms with van der Waals surface area (Å²) in [5.41, 5.74) is 11.1. The van der Waals surface area contributed by atoms with E-state index in [1.165, 1.54) is 6.42 Å². The van der Waals surface area contributed by atoms with E-state index in [2.05, 4.69) is 15.2 Å². The van der Waals surface area contributed by atoms with E-state index >= 15 is 0 Å². The fraction of sp³-hybridized carbons (Fsp3) is 0.222. The van der Waals surface area contributed by atoms with Crippen LogP contribution in [0, 0.1) is 6.92 Å². The Morgan fingerprint density at radius 2 is 1.71 bits per heavy atom. The Morgan fingerprint density at radius 3 is 2.41 bits per heavy atom. The average molecular weight is 457 g/mol. The van der Waals surface area contributed by atoms with E-state index in [4.69, 9.17) is 10.8 Å². The predicted molar refractivity (Wildman–Crippen MR) is 136 cm³/mol. The second-order valence-electron chi connectivity index (χ2n) is 8.41. The van der Waals surface area contributed by atoms with E-state index in [9.17, 15) is 9.59 Å². The third-order valence-electron chi connectivity index (χ3n) is 6.02. The zero-order valence-corrected chi connectivity index (χ0v) is 19.1. The maximum Gasteiger partial charge on any atom is 0.433 e. The molecular formula is C27H28N4O3. The summed E-state index contributed by atoms with van der Waals surface area (Å²) in [4.78, 5) is 30.1. The summed E-state index contributed by atoms with van der Waals surface area (Å²) in [6.07, 6.45) is 2.13. The van der Waals surface area contributed by atoms with Crippen molar-refractivity contribution in [3.05, 3.63) is 83.4 Å². The van der Waals surface area contributed by atoms with Crippen LogP contribution in [0.2, 0.25) is 0 Å². The number of hydrogen-bond donors (Lipinski definition) is 3. The minimum Gasteiger partial charge on any atom is -0.463 e. The third-order valence-corrected chi connectivity index (χ3v) is 6.02. The van der Waals surface area contributed by atoms with Crippen molar-refractivity contribution in [3.63, 3.8) is 0 Å². The molecule has 4 rings (SSSR count). The van der Waals surface area contributed by atoms with Crippen molar-refractivity contribution in [2.75, 3.05) is 23.3 Å². The van der Waals surface area contributed by atoms with Gasteiger partial charge in [0.2, 0.25) is 0 Å². The minimum absolute atomic E-state index is 0.174. The number of carboxylic acid groups (broad SMARTS) is 1. The number of hydrogen-bond acceptors (Lipinski definition) is 3. The first-order chi connectivity index (χ1) is 16.4. The fourth-order valence-corrected chi connectivity index (χ4v) is 4.31. The second-order valence-corrected chi connectivity index (χ2v) is 8.41. The van der Waals surface area contributed by atoms with Crippen LogP contribution >= 0.6 is 0 Å². The number of piperidine rings is 1. The highest BCUT2D eigenvalue weighted by Crippen LogP contribution is 2.30. The molecule has 1 fully saturated rings. The number of carbonyl (C=O) groups is 2. The molecule has 0 spiro atoms. The lowest BCUT2D eigenvalue weighted by Crippen LogP contribution is -2.29. The van der Waals surface area contributed by atoms with Gasteiger partial charge in [-0.15, -0.1) is 0 Å². The highest BCUT2D eigenvalue weighted by molar-refractivity contribution is 6.12. The maximum absolute atomic E-state index is 13.3. The van der Waals surface area contributed by atoms with Gasteiger partial charge in [0, 0.05) is 29.9 Å². The number of amidine groups is 1. The molecular weight excluding hydrogens is 428 g/mol. The molecule has 3 aromatic rings. The van der Waals surface area contributed by atoms with E-state index < -0.39 is 6.09 Å². The van der Waals surface area contributed by atoms with Crippen molar-refractivity contribution >= 4 is 29.2 Å². The van der Waals surface area contributed by atoms with Gasteiger partial charge in [-0.05, 0) is 73.2 Å². The summed E-state index contributed by atoms with van der Waals surface area (Å²) >= 11 is 0. The summed E-state index contributed by atoms with van der Waals surface area (Å²) in [7, 11) is 0. The number of nitrogens with zero attached hydrogens (tertiary/aromatic N) is 2. The monoisotopic (exact) mass is 456 g/mol. The topological polar surface area (TPSA) is 108 Å². The van der Waals surface area contributed by atoms with E-state index in [1.54, 1.807) is 12.1 Å². The summed E-state index contributed by atoms with van der Waals surface area (Å²) in [5, 5.41) is 12.0. The Hall–Kier alpha value is -4.13. The molecule has 0 bridgehead atoms. The SMILES string of the molecule is Cc1cc(C(N)=NC(=O)O)c(NC(=O)c2cccc(N3CCCCC3)c2)cc1-c1ccccc1. The van der Waals surface area contributed by atoms with Crippen LogP contribution in [0.25, 0.3) is 11.1 Å². The summed E-state index contributed by atoms with van der Waals surface area (Å²) in [6.45, 7) is 3.87. The molecule has 1 saturated heterocycles. The number of benzene rings is 3. The maximum atomic E-state index is 13.3. The van der Waals surface area contributed by atoms with Crippen molar-refractivity contribution < 1.29 is 14.7 Å². The molecule has 1 aliphatic heterocycles. The van der Waals surface area contributed by atoms with Crippen molar-refractivity contribution in [2.24, 2.45) is 10.7 Å². The van der Waals surface area contributed by atoms with Gasteiger partial charge in [0.1, 0.15) is 5.84 Å². The van der Waals surface area contributed by atoms with Crippen LogP contribution < -0.4 is 16.0 Å². The summed E-state index contributed by atoms with van der Waals surface area (Å²) in [6, 6.07) is 20.9. The summed E-state index contributed by atoms with van der Waals surface area (Å²) < 4.78 is 0. The van der Waals surface area contributed by atoms with Crippen molar-refractivity contribution in [1.29, 1.82) is 0 Å². The van der Waals surface area contributed by atoms with E-state index in [0.29, 0.717) is 16.8 Å². The van der Waals surface area contributed by atoms with Gasteiger partial charge in [0.15, 0.2) is 0 Å². The molecule has 7 heteroatoms. The van der Waals surface area contributed by atoms with Crippen LogP contribution in [0.4, 0.5) is 16.2 Å². The van der Waals surface area contributed by atoms with Crippen LogP contribution in [0.5, 0.6) is 0 Å². The van der Waals surface area contributed by atoms with Gasteiger partial charge < -0.3 is 21.1 Å². The summed E-state index contributed by atoms with van der Waals surface area (Å²) in [5.74, 6) is -0.473. The lowest BCUT2D eigenvalue weighted by molar-refractivity contribution is 0.102. The number of aryl methyl sites for hydroxylation is 1. The molecule has 0 radical (unpaired) electrons. The average Bonchev–Trinajstić information content (AvgIpc) is 2.85. The molecule has 3 aromatic carbocycles. The van der Waals surface area contributed by atoms with Crippen LogP contribution in [0.1, 0.15) is 40.7 Å². The van der Waals surface area contributed by atoms with E-state index in [-0.39, 0.29) is 11.7 Å². The zero-order valence-electron chi connectivity index (χ0n) is 19.1. The number of nitrogens with two attached hydrogens (primary N) is 1. The van der Waals surface area contributed by atoms with Gasteiger partial charge in [-0.1, -0.05) is 36.4 Å². The number of rotatable bonds is 5. The molecule has 0 saturated carbocycles. The number of aliphatic imine (C=N–C) groups is 1. The fourth-order valence-electron chi connectivity index (χ4n) is 4.31. The molecule has 174 valence electrons. The second kappa shape index (κ2) is 10.2. The van der Waals surface area contributed by atoms with Crippen LogP contribution in [-0.2, 0) is 0 Å². The number of carbonyl (C=O) groups excluding carboxylic acids is 1. The molecule has 1 heterocycles. The van der Waals surface area contributed by atoms with Gasteiger partial charge in [0.05, 0.1) is 5.69 Å². The molecule has 0 atom stereocenters. The first-order valence-electron chi connectivity index (χ1n) is 11.4. The van der Waals surface area contributed by atoms with Gasteiger partial charge in [-0.3, -0.25) is 4.79 Å². The normalized spacial score (nSPS) is 14.0. The lowest BCUT2D eigenvalue weighted by atomic mass is 9.96. The quantitative estimate of drug-likeness (QED) is 0.357. The van der Waals surface area contributed by atoms with E-state index in [1.807, 2.05) is 61.5 Å². The molecule has 1 aliphatic rings. The van der Waals surface area contributed by atoms with Crippen molar-refractivity contribution in [2.45, 2.75) is 26.2 Å². The zero-order chi connectivity index (χ0) is 24.1. The first kappa shape index (κ1) is 23.0. The van der Waals surface area contributed by atoms with Crippen molar-refractivity contribution in [3.8, 4) is 11.1 Å². The minimum atomic E-state index is -1.39. The lowest BCUT2D eigenvalue weighted by Gasteiger charge is -2.29. The number of anilines is 2. The Labute approximate surface area is 198 Å². The molecule has 0 unspecified atom stereocenters. The highest BCUT2D eigenvalue weighted by Gasteiger charge is 2.17. The standard InChI is InChI=1S/C27H28N4O3/c1-18-15-23(25(28)30-27(33)34)24(17-22(18)19-9-4-2-5-10-19)29-26(32)20-11-8-12-21(16-20)31-13-6-3-7-14-31/h2,4-5,8-12,15-17H,3,6-7,13-14H2,1H3,(H2,28,30)(H,29,32)(H,33,34). The molecule has 7 nitrogen and oxygen atoms in total. The first-order valence-corrected chi connectivity index (χ1v) is 11.4. The molecule has 4 N–H and O–H groups in total. The molecule has 34 heavy (non-hydrogen) atoms. The van der Waals surface area contributed by atoms with Gasteiger partial charge in [0.25, 0.3) is 5.91 Å². The van der Waals surface area contributed by atoms with Crippen molar-refractivity contribution in [1.82, 2.24) is 0 Å². The molecule has 0 aliphatic carbocycles. The molecule has 2 amide bonds.